The van der Waals surface area contributed by atoms with E-state index in [1.165, 1.54) is 0 Å². The molecule has 1 fully saturated rings. The third kappa shape index (κ3) is 6.83. The second kappa shape index (κ2) is 12.8. The highest BCUT2D eigenvalue weighted by Gasteiger charge is 2.28. The molecule has 196 valence electrons. The van der Waals surface area contributed by atoms with Gasteiger partial charge in [-0.1, -0.05) is 12.1 Å². The van der Waals surface area contributed by atoms with E-state index >= 15 is 0 Å². The van der Waals surface area contributed by atoms with E-state index in [2.05, 4.69) is 26.5 Å². The number of methoxy groups -OCH3 is 2. The van der Waals surface area contributed by atoms with Crippen LogP contribution in [-0.4, -0.2) is 71.2 Å². The molecule has 0 atom stereocenters. The number of nitrogens with zero attached hydrogens (tertiary/aromatic N) is 2. The van der Waals surface area contributed by atoms with E-state index in [9.17, 15) is 9.59 Å². The molecule has 1 aliphatic heterocycles. The summed E-state index contributed by atoms with van der Waals surface area (Å²) in [7, 11) is 3.32. The molecule has 0 unspecified atom stereocenters. The molecule has 0 aliphatic carbocycles. The molecule has 0 bridgehead atoms. The van der Waals surface area contributed by atoms with Crippen LogP contribution >= 0.6 is 11.6 Å². The van der Waals surface area contributed by atoms with Crippen molar-refractivity contribution in [2.75, 3.05) is 74.5 Å². The van der Waals surface area contributed by atoms with Crippen molar-refractivity contribution in [2.45, 2.75) is 20.3 Å². The number of nitrogens with one attached hydrogen (secondary N) is 2. The number of anilines is 3. The van der Waals surface area contributed by atoms with Crippen molar-refractivity contribution in [2.24, 2.45) is 5.41 Å². The van der Waals surface area contributed by atoms with Gasteiger partial charge in [-0.3, -0.25) is 9.59 Å². The first kappa shape index (κ1) is 27.6. The van der Waals surface area contributed by atoms with E-state index in [-0.39, 0.29) is 17.7 Å². The Morgan fingerprint density at radius 3 is 2.31 bits per heavy atom. The van der Waals surface area contributed by atoms with Gasteiger partial charge in [0.1, 0.15) is 5.75 Å². The fourth-order valence-electron chi connectivity index (χ4n) is 4.03. The molecule has 0 saturated carbocycles. The first-order valence-corrected chi connectivity index (χ1v) is 12.8. The quantitative estimate of drug-likeness (QED) is 0.347. The Morgan fingerprint density at radius 2 is 1.67 bits per heavy atom. The van der Waals surface area contributed by atoms with E-state index < -0.39 is 5.41 Å². The molecule has 2 N–H and O–H groups in total. The molecular weight excluding hydrogens is 480 g/mol. The number of rotatable bonds is 11. The van der Waals surface area contributed by atoms with Crippen LogP contribution in [0.25, 0.3) is 0 Å². The van der Waals surface area contributed by atoms with Crippen LogP contribution in [-0.2, 0) is 9.53 Å². The zero-order valence-electron chi connectivity index (χ0n) is 21.6. The number of alkyl halides is 1. The number of amides is 2. The van der Waals surface area contributed by atoms with E-state index in [0.717, 1.165) is 49.7 Å². The molecule has 1 saturated heterocycles. The molecular formula is C27H37ClN4O4. The lowest BCUT2D eigenvalue weighted by molar-refractivity contribution is -0.122. The Balaban J connectivity index is 1.80. The van der Waals surface area contributed by atoms with Crippen LogP contribution in [0.1, 0.15) is 30.6 Å². The topological polar surface area (TPSA) is 83.1 Å². The van der Waals surface area contributed by atoms with Gasteiger partial charge in [-0.05, 0) is 50.6 Å². The summed E-state index contributed by atoms with van der Waals surface area (Å²) in [6.07, 6.45) is 0.718. The maximum absolute atomic E-state index is 13.2. The summed E-state index contributed by atoms with van der Waals surface area (Å²) < 4.78 is 10.6. The average Bonchev–Trinajstić information content (AvgIpc) is 2.91. The van der Waals surface area contributed by atoms with Crippen molar-refractivity contribution in [3.8, 4) is 5.75 Å². The number of halogens is 1. The van der Waals surface area contributed by atoms with Crippen molar-refractivity contribution in [3.63, 3.8) is 0 Å². The zero-order chi connectivity index (χ0) is 26.1. The van der Waals surface area contributed by atoms with Gasteiger partial charge in [0.2, 0.25) is 5.91 Å². The predicted octanol–water partition coefficient (Wildman–Crippen LogP) is 3.99. The summed E-state index contributed by atoms with van der Waals surface area (Å²) in [5.41, 5.74) is 2.28. The molecule has 2 aromatic rings. The van der Waals surface area contributed by atoms with Crippen molar-refractivity contribution < 1.29 is 19.1 Å². The molecule has 1 heterocycles. The van der Waals surface area contributed by atoms with Crippen LogP contribution < -0.4 is 25.2 Å². The van der Waals surface area contributed by atoms with Crippen LogP contribution in [0.15, 0.2) is 42.5 Å². The minimum Gasteiger partial charge on any atom is -0.495 e. The van der Waals surface area contributed by atoms with Crippen molar-refractivity contribution >= 4 is 40.5 Å². The Kier molecular flexibility index (Phi) is 9.84. The largest absolute Gasteiger partial charge is 0.495 e. The normalized spacial score (nSPS) is 13.9. The number of ether oxygens (including phenoxy) is 2. The van der Waals surface area contributed by atoms with Gasteiger partial charge in [0, 0.05) is 63.7 Å². The van der Waals surface area contributed by atoms with Gasteiger partial charge >= 0.3 is 0 Å². The molecule has 9 heteroatoms. The Bertz CT molecular complexity index is 1040. The average molecular weight is 517 g/mol. The van der Waals surface area contributed by atoms with E-state index in [4.69, 9.17) is 21.1 Å². The second-order valence-corrected chi connectivity index (χ2v) is 9.72. The maximum atomic E-state index is 13.2. The first-order chi connectivity index (χ1) is 17.3. The Labute approximate surface area is 218 Å². The minimum atomic E-state index is -0.725. The monoisotopic (exact) mass is 516 g/mol. The first-order valence-electron chi connectivity index (χ1n) is 12.2. The van der Waals surface area contributed by atoms with Gasteiger partial charge in [0.15, 0.2) is 0 Å². The third-order valence-corrected chi connectivity index (χ3v) is 6.97. The SMILES string of the molecule is COCCCNC(=O)c1cc(NC(=O)C(C)(C)CCl)ccc1N1CCN(c2ccccc2OC)CC1. The van der Waals surface area contributed by atoms with E-state index in [1.807, 2.05) is 30.3 Å². The van der Waals surface area contributed by atoms with Gasteiger partial charge in [0.05, 0.1) is 23.8 Å². The molecule has 0 spiro atoms. The molecule has 2 amide bonds. The highest BCUT2D eigenvalue weighted by molar-refractivity contribution is 6.20. The van der Waals surface area contributed by atoms with Gasteiger partial charge in [-0.25, -0.2) is 0 Å². The molecule has 2 aromatic carbocycles. The number of piperazine rings is 1. The fourth-order valence-corrected chi connectivity index (χ4v) is 4.15. The predicted molar refractivity (Wildman–Crippen MR) is 146 cm³/mol. The maximum Gasteiger partial charge on any atom is 0.253 e. The number of benzene rings is 2. The van der Waals surface area contributed by atoms with Gasteiger partial charge in [-0.2, -0.15) is 0 Å². The summed E-state index contributed by atoms with van der Waals surface area (Å²) in [6.45, 7) is 7.71. The summed E-state index contributed by atoms with van der Waals surface area (Å²) in [5, 5.41) is 5.89. The van der Waals surface area contributed by atoms with Crippen molar-refractivity contribution in [1.82, 2.24) is 5.32 Å². The summed E-state index contributed by atoms with van der Waals surface area (Å²) in [4.78, 5) is 30.4. The lowest BCUT2D eigenvalue weighted by Gasteiger charge is -2.38. The summed E-state index contributed by atoms with van der Waals surface area (Å²) in [6, 6.07) is 13.5. The second-order valence-electron chi connectivity index (χ2n) is 9.45. The number of carbonyl (C=O) groups excluding carboxylic acids is 2. The van der Waals surface area contributed by atoms with Gasteiger partial charge in [-0.15, -0.1) is 11.6 Å². The molecule has 8 nitrogen and oxygen atoms in total. The summed E-state index contributed by atoms with van der Waals surface area (Å²) in [5.74, 6) is 0.672. The van der Waals surface area contributed by atoms with Crippen molar-refractivity contribution in [1.29, 1.82) is 0 Å². The minimum absolute atomic E-state index is 0.180. The van der Waals surface area contributed by atoms with Gasteiger partial charge in [0.25, 0.3) is 5.91 Å². The van der Waals surface area contributed by atoms with Crippen LogP contribution in [0.4, 0.5) is 17.1 Å². The smallest absolute Gasteiger partial charge is 0.253 e. The summed E-state index contributed by atoms with van der Waals surface area (Å²) >= 11 is 5.97. The number of hydrogen-bond donors (Lipinski definition) is 2. The van der Waals surface area contributed by atoms with E-state index in [1.54, 1.807) is 34.1 Å². The fraction of sp³-hybridized carbons (Fsp3) is 0.481. The molecule has 0 aromatic heterocycles. The molecule has 1 aliphatic rings. The molecule has 3 rings (SSSR count). The number of carbonyl (C=O) groups is 2. The lowest BCUT2D eigenvalue weighted by Crippen LogP contribution is -2.47. The van der Waals surface area contributed by atoms with Crippen LogP contribution in [0.5, 0.6) is 5.75 Å². The third-order valence-electron chi connectivity index (χ3n) is 6.30. The number of para-hydroxylation sites is 2. The van der Waals surface area contributed by atoms with Gasteiger partial charge < -0.3 is 29.9 Å². The number of hydrogen-bond acceptors (Lipinski definition) is 6. The molecule has 36 heavy (non-hydrogen) atoms. The Morgan fingerprint density at radius 1 is 1.00 bits per heavy atom. The lowest BCUT2D eigenvalue weighted by atomic mass is 9.95. The highest BCUT2D eigenvalue weighted by atomic mass is 35.5. The van der Waals surface area contributed by atoms with Crippen LogP contribution in [0.3, 0.4) is 0 Å². The Hall–Kier alpha value is -2.97. The van der Waals surface area contributed by atoms with Crippen LogP contribution in [0.2, 0.25) is 0 Å². The van der Waals surface area contributed by atoms with E-state index in [0.29, 0.717) is 24.4 Å². The highest BCUT2D eigenvalue weighted by Crippen LogP contribution is 2.31. The van der Waals surface area contributed by atoms with Crippen LogP contribution in [0, 0.1) is 5.41 Å². The van der Waals surface area contributed by atoms with Crippen molar-refractivity contribution in [3.05, 3.63) is 48.0 Å². The zero-order valence-corrected chi connectivity index (χ0v) is 22.4. The standard InChI is InChI=1S/C27H37ClN4O4/c1-27(2,19-28)26(34)30-20-10-11-22(21(18-20)25(33)29-12-7-17-35-3)31-13-15-32(16-14-31)23-8-5-6-9-24(23)36-4/h5-6,8-11,18H,7,12-17,19H2,1-4H3,(H,29,33)(H,30,34). The molecule has 0 radical (unpaired) electrons.